The van der Waals surface area contributed by atoms with E-state index >= 15 is 0 Å². The Kier molecular flexibility index (Phi) is 7.14. The van der Waals surface area contributed by atoms with Crippen LogP contribution in [-0.2, 0) is 0 Å². The number of hydrogen-bond acceptors (Lipinski definition) is 5. The Morgan fingerprint density at radius 2 is 1.88 bits per heavy atom. The van der Waals surface area contributed by atoms with Gasteiger partial charge in [-0.2, -0.15) is 0 Å². The molecule has 0 bridgehead atoms. The molecule has 5 rings (SSSR count). The van der Waals surface area contributed by atoms with Crippen molar-refractivity contribution in [2.75, 3.05) is 5.73 Å². The minimum Gasteiger partial charge on any atom is -0.381 e. The average Bonchev–Trinajstić information content (AvgIpc) is 3.25. The molecule has 4 aromatic rings. The lowest BCUT2D eigenvalue weighted by Gasteiger charge is -2.22. The number of nitrogen functional groups attached to an aromatic ring is 1. The summed E-state index contributed by atoms with van der Waals surface area (Å²) in [6.45, 7) is 0. The number of benzene rings is 1. The molecule has 7 nitrogen and oxygen atoms in total. The van der Waals surface area contributed by atoms with Crippen LogP contribution in [0.5, 0.6) is 0 Å². The zero-order valence-electron chi connectivity index (χ0n) is 17.9. The second-order valence-corrected chi connectivity index (χ2v) is 8.29. The first-order valence-electron chi connectivity index (χ1n) is 10.8. The van der Waals surface area contributed by atoms with Crippen LogP contribution >= 0.6 is 11.6 Å². The van der Waals surface area contributed by atoms with Crippen molar-refractivity contribution in [3.8, 4) is 11.4 Å². The summed E-state index contributed by atoms with van der Waals surface area (Å²) in [5.74, 6) is -0.439. The first-order chi connectivity index (χ1) is 16.0. The third kappa shape index (κ3) is 5.64. The number of anilines is 1. The first kappa shape index (κ1) is 22.7. The Morgan fingerprint density at radius 3 is 2.61 bits per heavy atom. The highest BCUT2D eigenvalue weighted by Gasteiger charge is 2.16. The van der Waals surface area contributed by atoms with Crippen LogP contribution in [0, 0.1) is 5.82 Å². The maximum absolute atomic E-state index is 13.0. The molecule has 0 atom stereocenters. The summed E-state index contributed by atoms with van der Waals surface area (Å²) < 4.78 is 13.0. The molecule has 0 unspecified atom stereocenters. The quantitative estimate of drug-likeness (QED) is 0.387. The molecule has 4 N–H and O–H groups in total. The topological polar surface area (TPSA) is 110 Å². The number of fused-ring (bicyclic) bond motifs is 1. The van der Waals surface area contributed by atoms with Crippen molar-refractivity contribution in [1.82, 2.24) is 25.3 Å². The van der Waals surface area contributed by atoms with E-state index in [1.165, 1.54) is 25.5 Å². The van der Waals surface area contributed by atoms with E-state index in [9.17, 15) is 9.18 Å². The van der Waals surface area contributed by atoms with Crippen LogP contribution in [0.25, 0.3) is 22.4 Å². The fourth-order valence-corrected chi connectivity index (χ4v) is 3.94. The summed E-state index contributed by atoms with van der Waals surface area (Å²) in [7, 11) is 0. The van der Waals surface area contributed by atoms with Gasteiger partial charge < -0.3 is 16.0 Å². The highest BCUT2D eigenvalue weighted by atomic mass is 35.5. The van der Waals surface area contributed by atoms with Crippen LogP contribution in [0.1, 0.15) is 42.5 Å². The van der Waals surface area contributed by atoms with Crippen LogP contribution in [0.15, 0.2) is 55.0 Å². The Hall–Kier alpha value is -3.52. The fourth-order valence-electron chi connectivity index (χ4n) is 3.78. The van der Waals surface area contributed by atoms with Crippen molar-refractivity contribution in [3.63, 3.8) is 0 Å². The number of nitrogens with zero attached hydrogens (tertiary/aromatic N) is 3. The lowest BCUT2D eigenvalue weighted by atomic mass is 9.95. The molecule has 1 fully saturated rings. The van der Waals surface area contributed by atoms with Gasteiger partial charge in [0.25, 0.3) is 5.91 Å². The minimum atomic E-state index is -0.644. The normalized spacial score (nSPS) is 13.9. The number of aromatic amines is 1. The van der Waals surface area contributed by atoms with Gasteiger partial charge in [-0.3, -0.25) is 4.79 Å². The molecular formula is C24H24ClFN6O. The average molecular weight is 467 g/mol. The van der Waals surface area contributed by atoms with Crippen LogP contribution in [0.4, 0.5) is 10.2 Å². The Balaban J connectivity index is 0.000000160. The number of aromatic nitrogens is 4. The van der Waals surface area contributed by atoms with Crippen LogP contribution in [0.3, 0.4) is 0 Å². The van der Waals surface area contributed by atoms with E-state index < -0.39 is 5.82 Å². The van der Waals surface area contributed by atoms with Gasteiger partial charge in [0.05, 0.1) is 11.2 Å². The first-order valence-corrected chi connectivity index (χ1v) is 11.2. The monoisotopic (exact) mass is 466 g/mol. The van der Waals surface area contributed by atoms with Crippen molar-refractivity contribution in [3.05, 3.63) is 71.4 Å². The Bertz CT molecular complexity index is 1240. The lowest BCUT2D eigenvalue weighted by Crippen LogP contribution is -2.36. The number of carbonyl (C=O) groups is 1. The second-order valence-electron chi connectivity index (χ2n) is 7.85. The summed E-state index contributed by atoms with van der Waals surface area (Å²) in [4.78, 5) is 26.7. The van der Waals surface area contributed by atoms with Gasteiger partial charge in [-0.15, -0.1) is 0 Å². The number of rotatable bonds is 3. The zero-order valence-corrected chi connectivity index (χ0v) is 18.6. The molecule has 0 radical (unpaired) electrons. The zero-order chi connectivity index (χ0) is 23.2. The molecule has 3 aromatic heterocycles. The van der Waals surface area contributed by atoms with E-state index in [1.54, 1.807) is 12.3 Å². The summed E-state index contributed by atoms with van der Waals surface area (Å²) in [6.07, 6.45) is 10.3. The molecule has 9 heteroatoms. The SMILES string of the molecule is Nc1nc(-c2c[nH]c3ncc(Cl)cc23)ncc1F.O=C(NC1CCCCC1)c1ccccc1. The van der Waals surface area contributed by atoms with Gasteiger partial charge in [0, 0.05) is 34.9 Å². The third-order valence-corrected chi connectivity index (χ3v) is 5.69. The largest absolute Gasteiger partial charge is 0.381 e. The van der Waals surface area contributed by atoms with Crippen molar-refractivity contribution in [1.29, 1.82) is 0 Å². The molecule has 0 saturated heterocycles. The smallest absolute Gasteiger partial charge is 0.251 e. The molecule has 0 aliphatic heterocycles. The number of amides is 1. The Morgan fingerprint density at radius 1 is 1.12 bits per heavy atom. The number of nitrogens with one attached hydrogen (secondary N) is 2. The van der Waals surface area contributed by atoms with Crippen LogP contribution < -0.4 is 11.1 Å². The highest BCUT2D eigenvalue weighted by molar-refractivity contribution is 6.31. The van der Waals surface area contributed by atoms with Gasteiger partial charge in [0.2, 0.25) is 0 Å². The molecule has 1 aliphatic carbocycles. The number of pyridine rings is 1. The summed E-state index contributed by atoms with van der Waals surface area (Å²) in [5.41, 5.74) is 7.52. The van der Waals surface area contributed by atoms with Crippen LogP contribution in [-0.4, -0.2) is 31.9 Å². The third-order valence-electron chi connectivity index (χ3n) is 5.49. The van der Waals surface area contributed by atoms with Gasteiger partial charge in [0.15, 0.2) is 17.5 Å². The van der Waals surface area contributed by atoms with Crippen molar-refractivity contribution >= 4 is 34.4 Å². The maximum atomic E-state index is 13.0. The molecule has 1 saturated carbocycles. The predicted octanol–water partition coefficient (Wildman–Crippen LogP) is 5.14. The maximum Gasteiger partial charge on any atom is 0.251 e. The van der Waals surface area contributed by atoms with E-state index in [0.717, 1.165) is 30.0 Å². The van der Waals surface area contributed by atoms with Gasteiger partial charge >= 0.3 is 0 Å². The molecule has 0 spiro atoms. The van der Waals surface area contributed by atoms with Crippen molar-refractivity contribution < 1.29 is 9.18 Å². The molecule has 1 aromatic carbocycles. The molecule has 3 heterocycles. The molecule has 170 valence electrons. The second kappa shape index (κ2) is 10.4. The van der Waals surface area contributed by atoms with Gasteiger partial charge in [-0.1, -0.05) is 49.1 Å². The van der Waals surface area contributed by atoms with E-state index in [1.807, 2.05) is 30.3 Å². The number of halogens is 2. The van der Waals surface area contributed by atoms with E-state index in [-0.39, 0.29) is 11.7 Å². The fraction of sp³-hybridized carbons (Fsp3) is 0.250. The standard InChI is InChI=1S/C13H17NO.C11H7ClFN5/c15-13(11-7-3-1-4-8-11)14-12-9-5-2-6-10-12;12-5-1-6-7(3-16-10(6)15-2-5)11-17-4-8(13)9(14)18-11/h1,3-4,7-8,12H,2,5-6,9-10H2,(H,14,15);1-4H,(H,15,16)(H2,14,17,18). The molecule has 33 heavy (non-hydrogen) atoms. The summed E-state index contributed by atoms with van der Waals surface area (Å²) in [5, 5.41) is 4.35. The summed E-state index contributed by atoms with van der Waals surface area (Å²) >= 11 is 5.89. The van der Waals surface area contributed by atoms with Crippen molar-refractivity contribution in [2.45, 2.75) is 38.1 Å². The minimum absolute atomic E-state index is 0.0718. The molecule has 1 aliphatic rings. The Labute approximate surface area is 195 Å². The molecular weight excluding hydrogens is 443 g/mol. The number of nitrogens with two attached hydrogens (primary N) is 1. The van der Waals surface area contributed by atoms with E-state index in [2.05, 4.69) is 25.3 Å². The van der Waals surface area contributed by atoms with Gasteiger partial charge in [0.1, 0.15) is 5.65 Å². The van der Waals surface area contributed by atoms with Crippen LogP contribution in [0.2, 0.25) is 5.02 Å². The molecule has 1 amide bonds. The predicted molar refractivity (Wildman–Crippen MR) is 127 cm³/mol. The van der Waals surface area contributed by atoms with Gasteiger partial charge in [-0.25, -0.2) is 19.3 Å². The van der Waals surface area contributed by atoms with Crippen molar-refractivity contribution in [2.24, 2.45) is 0 Å². The highest BCUT2D eigenvalue weighted by Crippen LogP contribution is 2.27. The lowest BCUT2D eigenvalue weighted by molar-refractivity contribution is 0.0927. The summed E-state index contributed by atoms with van der Waals surface area (Å²) in [6, 6.07) is 11.6. The van der Waals surface area contributed by atoms with E-state index in [4.69, 9.17) is 17.3 Å². The van der Waals surface area contributed by atoms with Gasteiger partial charge in [-0.05, 0) is 31.0 Å². The number of hydrogen-bond donors (Lipinski definition) is 3. The number of H-pyrrole nitrogens is 1. The number of carbonyl (C=O) groups excluding carboxylic acids is 1. The van der Waals surface area contributed by atoms with E-state index in [0.29, 0.717) is 28.1 Å².